The van der Waals surface area contributed by atoms with Gasteiger partial charge in [0.25, 0.3) is 0 Å². The highest BCUT2D eigenvalue weighted by molar-refractivity contribution is 5.32. The molecule has 1 aromatic heterocycles. The second kappa shape index (κ2) is 6.05. The van der Waals surface area contributed by atoms with E-state index in [0.717, 1.165) is 22.6 Å². The van der Waals surface area contributed by atoms with Gasteiger partial charge in [-0.2, -0.15) is 0 Å². The summed E-state index contributed by atoms with van der Waals surface area (Å²) in [5, 5.41) is 7.30. The van der Waals surface area contributed by atoms with Gasteiger partial charge in [-0.15, -0.1) is 0 Å². The van der Waals surface area contributed by atoms with Crippen molar-refractivity contribution >= 4 is 0 Å². The number of hydrogen-bond donors (Lipinski definition) is 1. The molecule has 0 aliphatic heterocycles. The Kier molecular flexibility index (Phi) is 4.39. The van der Waals surface area contributed by atoms with E-state index in [0.29, 0.717) is 6.54 Å². The van der Waals surface area contributed by atoms with Crippen LogP contribution in [0, 0.1) is 19.7 Å². The van der Waals surface area contributed by atoms with Crippen LogP contribution >= 0.6 is 0 Å². The maximum atomic E-state index is 13.4. The van der Waals surface area contributed by atoms with Crippen LogP contribution in [0.1, 0.15) is 35.5 Å². The lowest BCUT2D eigenvalue weighted by molar-refractivity contribution is 0.384. The van der Waals surface area contributed by atoms with Crippen LogP contribution in [0.5, 0.6) is 5.75 Å². The highest BCUT2D eigenvalue weighted by Gasteiger charge is 2.12. The van der Waals surface area contributed by atoms with Gasteiger partial charge in [0, 0.05) is 18.2 Å². The third kappa shape index (κ3) is 2.99. The van der Waals surface area contributed by atoms with Crippen LogP contribution in [0.4, 0.5) is 4.39 Å². The smallest absolute Gasteiger partial charge is 0.165 e. The SMILES string of the molecule is COc1cc(C(C)NCc2c(C)noc2C)ccc1F. The van der Waals surface area contributed by atoms with Gasteiger partial charge in [-0.05, 0) is 38.5 Å². The molecule has 1 unspecified atom stereocenters. The molecule has 108 valence electrons. The minimum Gasteiger partial charge on any atom is -0.494 e. The quantitative estimate of drug-likeness (QED) is 0.911. The normalized spacial score (nSPS) is 12.4. The molecule has 0 amide bonds. The Labute approximate surface area is 117 Å². The molecule has 0 fully saturated rings. The predicted octanol–water partition coefficient (Wildman–Crippen LogP) is 3.29. The molecule has 0 saturated heterocycles. The Morgan fingerprint density at radius 2 is 2.15 bits per heavy atom. The standard InChI is InChI=1S/C15H19FN2O2/c1-9(12-5-6-14(16)15(7-12)19-4)17-8-13-10(2)18-20-11(13)3/h5-7,9,17H,8H2,1-4H3. The lowest BCUT2D eigenvalue weighted by atomic mass is 10.1. The summed E-state index contributed by atoms with van der Waals surface area (Å²) >= 11 is 0. The number of ether oxygens (including phenoxy) is 1. The Morgan fingerprint density at radius 1 is 1.40 bits per heavy atom. The summed E-state index contributed by atoms with van der Waals surface area (Å²) < 4.78 is 23.5. The van der Waals surface area contributed by atoms with E-state index in [2.05, 4.69) is 10.5 Å². The summed E-state index contributed by atoms with van der Waals surface area (Å²) in [5.41, 5.74) is 2.92. The molecule has 0 aliphatic rings. The maximum Gasteiger partial charge on any atom is 0.165 e. The Hall–Kier alpha value is -1.88. The van der Waals surface area contributed by atoms with Gasteiger partial charge in [-0.3, -0.25) is 0 Å². The average Bonchev–Trinajstić information content (AvgIpc) is 2.76. The zero-order valence-corrected chi connectivity index (χ0v) is 12.2. The molecule has 0 bridgehead atoms. The van der Waals surface area contributed by atoms with Crippen molar-refractivity contribution in [1.29, 1.82) is 0 Å². The molecule has 2 aromatic rings. The van der Waals surface area contributed by atoms with Gasteiger partial charge in [-0.1, -0.05) is 11.2 Å². The van der Waals surface area contributed by atoms with Gasteiger partial charge < -0.3 is 14.6 Å². The Balaban J connectivity index is 2.07. The van der Waals surface area contributed by atoms with E-state index in [1.807, 2.05) is 20.8 Å². The average molecular weight is 278 g/mol. The molecule has 1 N–H and O–H groups in total. The molecule has 1 heterocycles. The minimum absolute atomic E-state index is 0.0678. The van der Waals surface area contributed by atoms with E-state index in [9.17, 15) is 4.39 Å². The van der Waals surface area contributed by atoms with E-state index < -0.39 is 0 Å². The van der Waals surface area contributed by atoms with E-state index in [-0.39, 0.29) is 17.6 Å². The van der Waals surface area contributed by atoms with Crippen LogP contribution in [-0.2, 0) is 6.54 Å². The first-order valence-corrected chi connectivity index (χ1v) is 6.51. The van der Waals surface area contributed by atoms with Crippen molar-refractivity contribution in [2.75, 3.05) is 7.11 Å². The van der Waals surface area contributed by atoms with Gasteiger partial charge >= 0.3 is 0 Å². The minimum atomic E-state index is -0.353. The molecule has 4 nitrogen and oxygen atoms in total. The van der Waals surface area contributed by atoms with Gasteiger partial charge in [0.05, 0.1) is 12.8 Å². The lowest BCUT2D eigenvalue weighted by Crippen LogP contribution is -2.18. The second-order valence-electron chi connectivity index (χ2n) is 4.80. The number of nitrogens with one attached hydrogen (secondary N) is 1. The van der Waals surface area contributed by atoms with Crippen LogP contribution in [0.2, 0.25) is 0 Å². The third-order valence-corrected chi connectivity index (χ3v) is 3.44. The van der Waals surface area contributed by atoms with Crippen molar-refractivity contribution in [3.05, 3.63) is 46.6 Å². The summed E-state index contributed by atoms with van der Waals surface area (Å²) in [6.07, 6.45) is 0. The van der Waals surface area contributed by atoms with E-state index in [4.69, 9.17) is 9.26 Å². The first-order valence-electron chi connectivity index (χ1n) is 6.51. The van der Waals surface area contributed by atoms with Crippen LogP contribution in [-0.4, -0.2) is 12.3 Å². The van der Waals surface area contributed by atoms with Crippen LogP contribution < -0.4 is 10.1 Å². The van der Waals surface area contributed by atoms with Crippen molar-refractivity contribution in [1.82, 2.24) is 10.5 Å². The topological polar surface area (TPSA) is 47.3 Å². The Bertz CT molecular complexity index is 576. The number of hydrogen-bond acceptors (Lipinski definition) is 4. The van der Waals surface area contributed by atoms with Crippen LogP contribution in [0.15, 0.2) is 22.7 Å². The van der Waals surface area contributed by atoms with E-state index >= 15 is 0 Å². The summed E-state index contributed by atoms with van der Waals surface area (Å²) in [5.74, 6) is 0.724. The zero-order valence-electron chi connectivity index (χ0n) is 12.2. The summed E-state index contributed by atoms with van der Waals surface area (Å²) in [6, 6.07) is 4.95. The van der Waals surface area contributed by atoms with Gasteiger partial charge in [0.15, 0.2) is 11.6 Å². The van der Waals surface area contributed by atoms with E-state index in [1.54, 1.807) is 12.1 Å². The van der Waals surface area contributed by atoms with Crippen molar-refractivity contribution < 1.29 is 13.7 Å². The molecule has 0 aliphatic carbocycles. The number of aromatic nitrogens is 1. The van der Waals surface area contributed by atoms with E-state index in [1.165, 1.54) is 13.2 Å². The molecule has 1 aromatic carbocycles. The first-order chi connectivity index (χ1) is 9.52. The molecular formula is C15H19FN2O2. The molecule has 2 rings (SSSR count). The predicted molar refractivity (Wildman–Crippen MR) is 74.2 cm³/mol. The molecule has 5 heteroatoms. The molecule has 0 saturated carbocycles. The third-order valence-electron chi connectivity index (χ3n) is 3.44. The van der Waals surface area contributed by atoms with Gasteiger partial charge in [0.2, 0.25) is 0 Å². The van der Waals surface area contributed by atoms with Crippen molar-refractivity contribution in [2.24, 2.45) is 0 Å². The summed E-state index contributed by atoms with van der Waals surface area (Å²) in [7, 11) is 1.46. The van der Waals surface area contributed by atoms with Crippen LogP contribution in [0.25, 0.3) is 0 Å². The number of halogens is 1. The van der Waals surface area contributed by atoms with Gasteiger partial charge in [-0.25, -0.2) is 4.39 Å². The zero-order chi connectivity index (χ0) is 14.7. The molecule has 0 spiro atoms. The summed E-state index contributed by atoms with van der Waals surface area (Å²) in [4.78, 5) is 0. The molecule has 0 radical (unpaired) electrons. The number of aryl methyl sites for hydroxylation is 2. The van der Waals surface area contributed by atoms with Gasteiger partial charge in [0.1, 0.15) is 5.76 Å². The molecule has 20 heavy (non-hydrogen) atoms. The number of nitrogens with zero attached hydrogens (tertiary/aromatic N) is 1. The number of methoxy groups -OCH3 is 1. The van der Waals surface area contributed by atoms with Crippen molar-refractivity contribution in [2.45, 2.75) is 33.4 Å². The highest BCUT2D eigenvalue weighted by Crippen LogP contribution is 2.23. The largest absolute Gasteiger partial charge is 0.494 e. The fraction of sp³-hybridized carbons (Fsp3) is 0.400. The first kappa shape index (κ1) is 14.5. The fourth-order valence-corrected chi connectivity index (χ4v) is 2.07. The maximum absolute atomic E-state index is 13.4. The highest BCUT2D eigenvalue weighted by atomic mass is 19.1. The number of rotatable bonds is 5. The van der Waals surface area contributed by atoms with Crippen molar-refractivity contribution in [3.63, 3.8) is 0 Å². The second-order valence-corrected chi connectivity index (χ2v) is 4.80. The molecule has 1 atom stereocenters. The van der Waals surface area contributed by atoms with Crippen LogP contribution in [0.3, 0.4) is 0 Å². The fourth-order valence-electron chi connectivity index (χ4n) is 2.07. The Morgan fingerprint density at radius 3 is 2.75 bits per heavy atom. The lowest BCUT2D eigenvalue weighted by Gasteiger charge is -2.15. The molecular weight excluding hydrogens is 259 g/mol. The number of benzene rings is 1. The van der Waals surface area contributed by atoms with Crippen molar-refractivity contribution in [3.8, 4) is 5.75 Å². The summed E-state index contributed by atoms with van der Waals surface area (Å²) in [6.45, 7) is 6.48. The monoisotopic (exact) mass is 278 g/mol.